The van der Waals surface area contributed by atoms with Gasteiger partial charge in [0.2, 0.25) is 0 Å². The van der Waals surface area contributed by atoms with Gasteiger partial charge in [0.1, 0.15) is 5.75 Å². The largest absolute Gasteiger partial charge is 0.468 e. The Bertz CT molecular complexity index is 329. The van der Waals surface area contributed by atoms with Crippen LogP contribution in [0.15, 0.2) is 18.2 Å². The van der Waals surface area contributed by atoms with Gasteiger partial charge in [0.25, 0.3) is 0 Å². The van der Waals surface area contributed by atoms with Crippen molar-refractivity contribution in [3.05, 3.63) is 28.8 Å². The van der Waals surface area contributed by atoms with Crippen LogP contribution in [0.4, 0.5) is 0 Å². The Morgan fingerprint density at radius 3 is 2.40 bits per heavy atom. The van der Waals surface area contributed by atoms with E-state index in [9.17, 15) is 0 Å². The van der Waals surface area contributed by atoms with Crippen molar-refractivity contribution in [2.45, 2.75) is 26.2 Å². The zero-order chi connectivity index (χ0) is 11.5. The third kappa shape index (κ3) is 3.40. The molecule has 84 valence electrons. The molecule has 0 fully saturated rings. The van der Waals surface area contributed by atoms with Gasteiger partial charge in [0.15, 0.2) is 6.79 Å². The van der Waals surface area contributed by atoms with Crippen LogP contribution in [0.3, 0.4) is 0 Å². The van der Waals surface area contributed by atoms with Gasteiger partial charge in [-0.2, -0.15) is 0 Å². The first kappa shape index (κ1) is 12.3. The Morgan fingerprint density at radius 1 is 1.27 bits per heavy atom. The van der Waals surface area contributed by atoms with Gasteiger partial charge in [0.05, 0.1) is 0 Å². The SMILES string of the molecule is COCOc1ccc(C(C)(C)C)c(Cl)c1. The molecule has 0 N–H and O–H groups in total. The zero-order valence-electron chi connectivity index (χ0n) is 9.63. The van der Waals surface area contributed by atoms with Crippen LogP contribution in [0.5, 0.6) is 5.75 Å². The van der Waals surface area contributed by atoms with E-state index in [2.05, 4.69) is 20.8 Å². The molecule has 0 aromatic heterocycles. The number of rotatable bonds is 3. The fourth-order valence-electron chi connectivity index (χ4n) is 1.32. The minimum absolute atomic E-state index is 0.0525. The van der Waals surface area contributed by atoms with Gasteiger partial charge < -0.3 is 9.47 Å². The Kier molecular flexibility index (Phi) is 4.00. The second-order valence-electron chi connectivity index (χ2n) is 4.44. The van der Waals surface area contributed by atoms with Gasteiger partial charge in [-0.1, -0.05) is 38.4 Å². The van der Waals surface area contributed by atoms with Gasteiger partial charge in [-0.05, 0) is 23.1 Å². The van der Waals surface area contributed by atoms with E-state index in [0.717, 1.165) is 16.3 Å². The van der Waals surface area contributed by atoms with Crippen LogP contribution in [0.25, 0.3) is 0 Å². The first-order chi connectivity index (χ1) is 6.95. The third-order valence-corrected chi connectivity index (χ3v) is 2.40. The maximum Gasteiger partial charge on any atom is 0.188 e. The molecule has 1 aromatic rings. The average Bonchev–Trinajstić information content (AvgIpc) is 2.12. The Morgan fingerprint density at radius 2 is 1.93 bits per heavy atom. The molecule has 15 heavy (non-hydrogen) atoms. The van der Waals surface area contributed by atoms with E-state index in [1.54, 1.807) is 7.11 Å². The van der Waals surface area contributed by atoms with E-state index in [0.29, 0.717) is 0 Å². The van der Waals surface area contributed by atoms with Gasteiger partial charge in [-0.25, -0.2) is 0 Å². The third-order valence-electron chi connectivity index (χ3n) is 2.09. The van der Waals surface area contributed by atoms with E-state index >= 15 is 0 Å². The van der Waals surface area contributed by atoms with Crippen molar-refractivity contribution in [2.75, 3.05) is 13.9 Å². The summed E-state index contributed by atoms with van der Waals surface area (Å²) in [6.45, 7) is 6.63. The first-order valence-corrected chi connectivity index (χ1v) is 5.24. The topological polar surface area (TPSA) is 18.5 Å². The first-order valence-electron chi connectivity index (χ1n) is 4.87. The number of methoxy groups -OCH3 is 1. The Balaban J connectivity index is 2.89. The van der Waals surface area contributed by atoms with Crippen LogP contribution < -0.4 is 4.74 Å². The number of ether oxygens (including phenoxy) is 2. The lowest BCUT2D eigenvalue weighted by Gasteiger charge is -2.21. The van der Waals surface area contributed by atoms with E-state index in [1.807, 2.05) is 18.2 Å². The highest BCUT2D eigenvalue weighted by molar-refractivity contribution is 6.31. The second kappa shape index (κ2) is 4.86. The second-order valence-corrected chi connectivity index (χ2v) is 4.85. The lowest BCUT2D eigenvalue weighted by Crippen LogP contribution is -2.11. The molecule has 0 atom stereocenters. The number of hydrogen-bond donors (Lipinski definition) is 0. The summed E-state index contributed by atoms with van der Waals surface area (Å²) in [5.74, 6) is 0.731. The monoisotopic (exact) mass is 228 g/mol. The molecule has 0 radical (unpaired) electrons. The summed E-state index contributed by atoms with van der Waals surface area (Å²) < 4.78 is 10.1. The van der Waals surface area contributed by atoms with Crippen molar-refractivity contribution in [3.63, 3.8) is 0 Å². The summed E-state index contributed by atoms with van der Waals surface area (Å²) in [6, 6.07) is 5.72. The van der Waals surface area contributed by atoms with Crippen molar-refractivity contribution >= 4 is 11.6 Å². The van der Waals surface area contributed by atoms with Gasteiger partial charge >= 0.3 is 0 Å². The molecule has 0 spiro atoms. The molecule has 0 unspecified atom stereocenters. The van der Waals surface area contributed by atoms with Crippen LogP contribution in [0, 0.1) is 0 Å². The van der Waals surface area contributed by atoms with Crippen molar-refractivity contribution in [3.8, 4) is 5.75 Å². The molecule has 1 aromatic carbocycles. The maximum absolute atomic E-state index is 6.17. The zero-order valence-corrected chi connectivity index (χ0v) is 10.4. The Hall–Kier alpha value is -0.730. The van der Waals surface area contributed by atoms with Crippen LogP contribution in [0.1, 0.15) is 26.3 Å². The van der Waals surface area contributed by atoms with E-state index < -0.39 is 0 Å². The highest BCUT2D eigenvalue weighted by Gasteiger charge is 2.17. The van der Waals surface area contributed by atoms with Crippen molar-refractivity contribution < 1.29 is 9.47 Å². The molecule has 0 amide bonds. The highest BCUT2D eigenvalue weighted by Crippen LogP contribution is 2.31. The fourth-order valence-corrected chi connectivity index (χ4v) is 1.77. The molecule has 0 saturated carbocycles. The molecule has 3 heteroatoms. The average molecular weight is 229 g/mol. The Labute approximate surface area is 96.2 Å². The van der Waals surface area contributed by atoms with E-state index in [-0.39, 0.29) is 12.2 Å². The predicted molar refractivity (Wildman–Crippen MR) is 62.7 cm³/mol. The molecule has 1 rings (SSSR count). The fraction of sp³-hybridized carbons (Fsp3) is 0.500. The quantitative estimate of drug-likeness (QED) is 0.736. The van der Waals surface area contributed by atoms with Crippen LogP contribution in [0.2, 0.25) is 5.02 Å². The minimum Gasteiger partial charge on any atom is -0.468 e. The van der Waals surface area contributed by atoms with Crippen molar-refractivity contribution in [1.29, 1.82) is 0 Å². The molecule has 0 heterocycles. The van der Waals surface area contributed by atoms with Crippen LogP contribution >= 0.6 is 11.6 Å². The summed E-state index contributed by atoms with van der Waals surface area (Å²) in [5, 5.41) is 0.733. The summed E-state index contributed by atoms with van der Waals surface area (Å²) >= 11 is 6.17. The predicted octanol–water partition coefficient (Wildman–Crippen LogP) is 3.62. The molecular weight excluding hydrogens is 212 g/mol. The lowest BCUT2D eigenvalue weighted by molar-refractivity contribution is 0.0511. The van der Waals surface area contributed by atoms with Crippen LogP contribution in [-0.4, -0.2) is 13.9 Å². The molecule has 0 bridgehead atoms. The van der Waals surface area contributed by atoms with Crippen molar-refractivity contribution in [1.82, 2.24) is 0 Å². The molecule has 0 aliphatic rings. The standard InChI is InChI=1S/C12H17ClO2/c1-12(2,3)10-6-5-9(7-11(10)13)15-8-14-4/h5-7H,8H2,1-4H3. The minimum atomic E-state index is 0.0525. The number of hydrogen-bond acceptors (Lipinski definition) is 2. The molecular formula is C12H17ClO2. The van der Waals surface area contributed by atoms with Gasteiger partial charge in [0, 0.05) is 12.1 Å². The molecule has 0 aliphatic heterocycles. The van der Waals surface area contributed by atoms with Crippen molar-refractivity contribution in [2.24, 2.45) is 0 Å². The van der Waals surface area contributed by atoms with E-state index in [4.69, 9.17) is 21.1 Å². The summed E-state index contributed by atoms with van der Waals surface area (Å²) in [7, 11) is 1.59. The number of benzene rings is 1. The molecule has 2 nitrogen and oxygen atoms in total. The van der Waals surface area contributed by atoms with Gasteiger partial charge in [-0.15, -0.1) is 0 Å². The number of halogens is 1. The van der Waals surface area contributed by atoms with Crippen LogP contribution in [-0.2, 0) is 10.2 Å². The highest BCUT2D eigenvalue weighted by atomic mass is 35.5. The summed E-state index contributed by atoms with van der Waals surface area (Å²) in [5.41, 5.74) is 1.17. The smallest absolute Gasteiger partial charge is 0.188 e. The van der Waals surface area contributed by atoms with Gasteiger partial charge in [-0.3, -0.25) is 0 Å². The normalized spacial score (nSPS) is 11.5. The summed E-state index contributed by atoms with van der Waals surface area (Å²) in [6.07, 6.45) is 0. The maximum atomic E-state index is 6.17. The summed E-state index contributed by atoms with van der Waals surface area (Å²) in [4.78, 5) is 0. The molecule has 0 saturated heterocycles. The van der Waals surface area contributed by atoms with E-state index in [1.165, 1.54) is 0 Å². The lowest BCUT2D eigenvalue weighted by atomic mass is 9.87. The molecule has 0 aliphatic carbocycles.